The first-order valence-electron chi connectivity index (χ1n) is 6.84. The maximum atomic E-state index is 5.98. The van der Waals surface area contributed by atoms with E-state index in [1.54, 1.807) is 0 Å². The first-order chi connectivity index (χ1) is 8.99. The number of benzene rings is 1. The molecule has 0 aliphatic carbocycles. The van der Waals surface area contributed by atoms with Crippen molar-refractivity contribution in [3.05, 3.63) is 28.8 Å². The Morgan fingerprint density at radius 3 is 2.53 bits per heavy atom. The van der Waals surface area contributed by atoms with E-state index in [0.717, 1.165) is 21.4 Å². The van der Waals surface area contributed by atoms with Crippen LogP contribution >= 0.6 is 23.8 Å². The molecule has 104 valence electrons. The van der Waals surface area contributed by atoms with E-state index in [1.165, 1.54) is 19.3 Å². The molecule has 2 rings (SSSR count). The lowest BCUT2D eigenvalue weighted by atomic mass is 9.98. The molecule has 1 fully saturated rings. The second-order valence-electron chi connectivity index (χ2n) is 5.43. The van der Waals surface area contributed by atoms with E-state index in [2.05, 4.69) is 24.1 Å². The smallest absolute Gasteiger partial charge is 0.173 e. The normalized spacial score (nSPS) is 23.3. The number of halogens is 1. The molecule has 1 N–H and O–H groups in total. The summed E-state index contributed by atoms with van der Waals surface area (Å²) in [6.45, 7) is 6.54. The van der Waals surface area contributed by atoms with Crippen LogP contribution < -0.4 is 5.32 Å². The predicted molar refractivity (Wildman–Crippen MR) is 87.0 cm³/mol. The average molecular weight is 297 g/mol. The lowest BCUT2D eigenvalue weighted by Crippen LogP contribution is -2.49. The van der Waals surface area contributed by atoms with Crippen LogP contribution in [0, 0.1) is 6.92 Å². The second-order valence-corrected chi connectivity index (χ2v) is 6.25. The first kappa shape index (κ1) is 14.6. The van der Waals surface area contributed by atoms with Gasteiger partial charge in [-0.25, -0.2) is 0 Å². The predicted octanol–water partition coefficient (Wildman–Crippen LogP) is 4.61. The van der Waals surface area contributed by atoms with E-state index >= 15 is 0 Å². The fourth-order valence-corrected chi connectivity index (χ4v) is 3.47. The summed E-state index contributed by atoms with van der Waals surface area (Å²) in [4.78, 5) is 2.33. The summed E-state index contributed by atoms with van der Waals surface area (Å²) in [6, 6.07) is 6.86. The molecule has 1 heterocycles. The molecule has 1 aromatic carbocycles. The number of thiocarbonyl (C=S) groups is 1. The highest BCUT2D eigenvalue weighted by Crippen LogP contribution is 2.25. The topological polar surface area (TPSA) is 15.3 Å². The number of rotatable bonds is 1. The van der Waals surface area contributed by atoms with E-state index in [0.29, 0.717) is 12.1 Å². The fourth-order valence-electron chi connectivity index (χ4n) is 2.77. The molecular formula is C15H21ClN2S. The zero-order valence-corrected chi connectivity index (χ0v) is 13.3. The van der Waals surface area contributed by atoms with Crippen molar-refractivity contribution in [1.29, 1.82) is 0 Å². The highest BCUT2D eigenvalue weighted by Gasteiger charge is 2.26. The molecule has 1 saturated heterocycles. The van der Waals surface area contributed by atoms with Gasteiger partial charge >= 0.3 is 0 Å². The van der Waals surface area contributed by atoms with Crippen molar-refractivity contribution in [2.24, 2.45) is 0 Å². The minimum atomic E-state index is 0.511. The highest BCUT2D eigenvalue weighted by atomic mass is 35.5. The van der Waals surface area contributed by atoms with E-state index in [9.17, 15) is 0 Å². The van der Waals surface area contributed by atoms with E-state index < -0.39 is 0 Å². The summed E-state index contributed by atoms with van der Waals surface area (Å²) in [6.07, 6.45) is 3.72. The molecule has 0 radical (unpaired) electrons. The molecule has 2 atom stereocenters. The van der Waals surface area contributed by atoms with Crippen LogP contribution in [0.3, 0.4) is 0 Å². The van der Waals surface area contributed by atoms with Crippen molar-refractivity contribution in [1.82, 2.24) is 4.90 Å². The molecule has 1 aromatic rings. The Labute approximate surface area is 126 Å². The Morgan fingerprint density at radius 2 is 1.95 bits per heavy atom. The molecule has 0 aromatic heterocycles. The van der Waals surface area contributed by atoms with Gasteiger partial charge < -0.3 is 10.2 Å². The number of nitrogens with one attached hydrogen (secondary N) is 1. The van der Waals surface area contributed by atoms with Gasteiger partial charge in [0.2, 0.25) is 0 Å². The van der Waals surface area contributed by atoms with E-state index in [-0.39, 0.29) is 0 Å². The summed E-state index contributed by atoms with van der Waals surface area (Å²) in [5.74, 6) is 0. The SMILES string of the molecule is Cc1cc(Cl)ccc1NC(=S)N1C(C)CCCC1C. The summed E-state index contributed by atoms with van der Waals surface area (Å²) < 4.78 is 0. The number of hydrogen-bond acceptors (Lipinski definition) is 1. The number of aryl methyl sites for hydroxylation is 1. The second kappa shape index (κ2) is 6.10. The van der Waals surface area contributed by atoms with Crippen LogP contribution in [-0.4, -0.2) is 22.1 Å². The largest absolute Gasteiger partial charge is 0.344 e. The van der Waals surface area contributed by atoms with Gasteiger partial charge in [-0.2, -0.15) is 0 Å². The summed E-state index contributed by atoms with van der Waals surface area (Å²) in [7, 11) is 0. The third kappa shape index (κ3) is 3.40. The zero-order chi connectivity index (χ0) is 14.0. The third-order valence-corrected chi connectivity index (χ3v) is 4.41. The quantitative estimate of drug-likeness (QED) is 0.762. The van der Waals surface area contributed by atoms with Gasteiger partial charge in [-0.15, -0.1) is 0 Å². The average Bonchev–Trinajstić information content (AvgIpc) is 2.32. The lowest BCUT2D eigenvalue weighted by molar-refractivity contribution is 0.194. The van der Waals surface area contributed by atoms with Gasteiger partial charge in [0.25, 0.3) is 0 Å². The van der Waals surface area contributed by atoms with Gasteiger partial charge in [-0.1, -0.05) is 11.6 Å². The monoisotopic (exact) mass is 296 g/mol. The number of hydrogen-bond donors (Lipinski definition) is 1. The van der Waals surface area contributed by atoms with Crippen LogP contribution in [0.1, 0.15) is 38.7 Å². The number of piperidine rings is 1. The Kier molecular flexibility index (Phi) is 4.69. The minimum absolute atomic E-state index is 0.511. The van der Waals surface area contributed by atoms with Crippen molar-refractivity contribution < 1.29 is 0 Å². The Morgan fingerprint density at radius 1 is 1.32 bits per heavy atom. The molecular weight excluding hydrogens is 276 g/mol. The molecule has 0 bridgehead atoms. The van der Waals surface area contributed by atoms with Crippen LogP contribution in [0.15, 0.2) is 18.2 Å². The molecule has 0 amide bonds. The van der Waals surface area contributed by atoms with Gasteiger partial charge in [0.05, 0.1) is 0 Å². The maximum Gasteiger partial charge on any atom is 0.173 e. The van der Waals surface area contributed by atoms with Crippen LogP contribution in [-0.2, 0) is 0 Å². The lowest BCUT2D eigenvalue weighted by Gasteiger charge is -2.41. The van der Waals surface area contributed by atoms with Crippen LogP contribution in [0.5, 0.6) is 0 Å². The zero-order valence-electron chi connectivity index (χ0n) is 11.7. The van der Waals surface area contributed by atoms with E-state index in [1.807, 2.05) is 25.1 Å². The molecule has 4 heteroatoms. The third-order valence-electron chi connectivity index (χ3n) is 3.86. The standard InChI is InChI=1S/C15H21ClN2S/c1-10-9-13(16)7-8-14(10)17-15(19)18-11(2)5-4-6-12(18)3/h7-9,11-12H,4-6H2,1-3H3,(H,17,19). The van der Waals surface area contributed by atoms with E-state index in [4.69, 9.17) is 23.8 Å². The molecule has 1 aliphatic heterocycles. The van der Waals surface area contributed by atoms with Gasteiger partial charge in [0.15, 0.2) is 5.11 Å². The Balaban J connectivity index is 2.11. The van der Waals surface area contributed by atoms with Gasteiger partial charge in [0.1, 0.15) is 0 Å². The number of likely N-dealkylation sites (tertiary alicyclic amines) is 1. The molecule has 0 spiro atoms. The van der Waals surface area contributed by atoms with Gasteiger partial charge in [0, 0.05) is 22.8 Å². The van der Waals surface area contributed by atoms with Crippen molar-refractivity contribution in [3.8, 4) is 0 Å². The molecule has 2 nitrogen and oxygen atoms in total. The highest BCUT2D eigenvalue weighted by molar-refractivity contribution is 7.80. The molecule has 0 saturated carbocycles. The van der Waals surface area contributed by atoms with Crippen molar-refractivity contribution in [3.63, 3.8) is 0 Å². The van der Waals surface area contributed by atoms with Crippen molar-refractivity contribution in [2.75, 3.05) is 5.32 Å². The Bertz CT molecular complexity index is 465. The summed E-state index contributed by atoms with van der Waals surface area (Å²) in [5, 5.41) is 4.95. The maximum absolute atomic E-state index is 5.98. The Hall–Kier alpha value is -0.800. The fraction of sp³-hybridized carbons (Fsp3) is 0.533. The summed E-state index contributed by atoms with van der Waals surface area (Å²) in [5.41, 5.74) is 2.16. The first-order valence-corrected chi connectivity index (χ1v) is 7.63. The van der Waals surface area contributed by atoms with Crippen molar-refractivity contribution >= 4 is 34.6 Å². The molecule has 1 aliphatic rings. The number of nitrogens with zero attached hydrogens (tertiary/aromatic N) is 1. The van der Waals surface area contributed by atoms with Gasteiger partial charge in [-0.3, -0.25) is 0 Å². The van der Waals surface area contributed by atoms with Crippen LogP contribution in [0.25, 0.3) is 0 Å². The number of anilines is 1. The van der Waals surface area contributed by atoms with Gasteiger partial charge in [-0.05, 0) is 76.0 Å². The molecule has 2 unspecified atom stereocenters. The van der Waals surface area contributed by atoms with Crippen LogP contribution in [0.2, 0.25) is 5.02 Å². The van der Waals surface area contributed by atoms with Crippen LogP contribution in [0.4, 0.5) is 5.69 Å². The van der Waals surface area contributed by atoms with Crippen molar-refractivity contribution in [2.45, 2.75) is 52.1 Å². The molecule has 19 heavy (non-hydrogen) atoms. The summed E-state index contributed by atoms with van der Waals surface area (Å²) >= 11 is 11.6. The minimum Gasteiger partial charge on any atom is -0.344 e.